The van der Waals surface area contributed by atoms with Crippen molar-refractivity contribution < 1.29 is 24.0 Å². The summed E-state index contributed by atoms with van der Waals surface area (Å²) in [5, 5.41) is 11.5. The van der Waals surface area contributed by atoms with Crippen molar-refractivity contribution in [1.82, 2.24) is 9.80 Å². The van der Waals surface area contributed by atoms with Crippen LogP contribution in [-0.4, -0.2) is 64.6 Å². The van der Waals surface area contributed by atoms with Crippen LogP contribution < -0.4 is 0 Å². The maximum atomic E-state index is 13.2. The molecule has 4 rings (SSSR count). The Morgan fingerprint density at radius 1 is 1.02 bits per heavy atom. The summed E-state index contributed by atoms with van der Waals surface area (Å²) in [7, 11) is 1.69. The summed E-state index contributed by atoms with van der Waals surface area (Å²) in [4.78, 5) is 57.5. The smallest absolute Gasteiger partial charge is 0.344 e. The van der Waals surface area contributed by atoms with E-state index in [2.05, 4.69) is 4.99 Å². The van der Waals surface area contributed by atoms with Crippen LogP contribution in [0.5, 0.6) is 0 Å². The van der Waals surface area contributed by atoms with E-state index >= 15 is 0 Å². The zero-order chi connectivity index (χ0) is 30.4. The van der Waals surface area contributed by atoms with Crippen molar-refractivity contribution in [3.05, 3.63) is 100 Å². The molecule has 0 N–H and O–H groups in total. The highest BCUT2D eigenvalue weighted by atomic mass is 16.6. The minimum Gasteiger partial charge on any atom is -0.462 e. The molecule has 3 aromatic carbocycles. The Balaban J connectivity index is 1.51. The number of carbonyl (C=O) groups is 3. The molecule has 0 fully saturated rings. The Hall–Kier alpha value is -4.86. The number of rotatable bonds is 10. The molecule has 1 aliphatic heterocycles. The minimum absolute atomic E-state index is 0.153. The zero-order valence-corrected chi connectivity index (χ0v) is 24.1. The fraction of sp³-hybridized carbons (Fsp3) is 0.312. The van der Waals surface area contributed by atoms with Gasteiger partial charge in [0.1, 0.15) is 5.92 Å². The highest BCUT2D eigenvalue weighted by Gasteiger charge is 2.43. The lowest BCUT2D eigenvalue weighted by Gasteiger charge is -2.39. The quantitative estimate of drug-likeness (QED) is 0.169. The van der Waals surface area contributed by atoms with Crippen LogP contribution in [0.4, 0.5) is 10.5 Å². The monoisotopic (exact) mass is 570 g/mol. The van der Waals surface area contributed by atoms with Crippen molar-refractivity contribution >= 4 is 29.3 Å². The molecular weight excluding hydrogens is 536 g/mol. The number of ether oxygens (including phenoxy) is 1. The molecule has 2 unspecified atom stereocenters. The first-order chi connectivity index (χ1) is 20.1. The summed E-state index contributed by atoms with van der Waals surface area (Å²) >= 11 is 0. The van der Waals surface area contributed by atoms with E-state index in [4.69, 9.17) is 4.74 Å². The van der Waals surface area contributed by atoms with Gasteiger partial charge in [0.2, 0.25) is 0 Å². The average Bonchev–Trinajstić information content (AvgIpc) is 2.97. The Bertz CT molecular complexity index is 1490. The van der Waals surface area contributed by atoms with Crippen LogP contribution in [0.3, 0.4) is 0 Å². The van der Waals surface area contributed by atoms with Gasteiger partial charge in [-0.1, -0.05) is 54.6 Å². The molecule has 0 saturated heterocycles. The molecule has 0 aliphatic carbocycles. The standard InChI is InChI=1S/C32H34N4O6/c1-21(2)42-31(38)28-22(3)33-32(39)35(29(28)26-12-8-13-27(20-26)36(40)41)19-9-18-34(4)30(37)25-16-14-24(15-17-25)23-10-6-5-7-11-23/h5-8,10-17,20-21,28-29H,9,18-19H2,1-4H3. The van der Waals surface area contributed by atoms with Crippen molar-refractivity contribution in [3.8, 4) is 11.1 Å². The normalized spacial score (nSPS) is 16.6. The number of hydrogen-bond acceptors (Lipinski definition) is 6. The maximum absolute atomic E-state index is 13.2. The van der Waals surface area contributed by atoms with E-state index in [1.807, 2.05) is 42.5 Å². The number of esters is 1. The molecular formula is C32H34N4O6. The molecule has 42 heavy (non-hydrogen) atoms. The molecule has 3 amide bonds. The van der Waals surface area contributed by atoms with Crippen molar-refractivity contribution in [2.45, 2.75) is 39.3 Å². The summed E-state index contributed by atoms with van der Waals surface area (Å²) in [6.45, 7) is 5.52. The summed E-state index contributed by atoms with van der Waals surface area (Å²) in [5.74, 6) is -1.66. The van der Waals surface area contributed by atoms with E-state index in [9.17, 15) is 24.5 Å². The lowest BCUT2D eigenvalue weighted by Crippen LogP contribution is -2.48. The third kappa shape index (κ3) is 6.88. The highest BCUT2D eigenvalue weighted by molar-refractivity contribution is 6.08. The van der Waals surface area contributed by atoms with Gasteiger partial charge in [-0.2, -0.15) is 0 Å². The van der Waals surface area contributed by atoms with Crippen LogP contribution >= 0.6 is 0 Å². The van der Waals surface area contributed by atoms with E-state index in [0.29, 0.717) is 24.1 Å². The lowest BCUT2D eigenvalue weighted by atomic mass is 9.86. The highest BCUT2D eigenvalue weighted by Crippen LogP contribution is 2.36. The van der Waals surface area contributed by atoms with Gasteiger partial charge >= 0.3 is 12.0 Å². The zero-order valence-electron chi connectivity index (χ0n) is 24.1. The van der Waals surface area contributed by atoms with Gasteiger partial charge in [0, 0.05) is 43.5 Å². The predicted octanol–water partition coefficient (Wildman–Crippen LogP) is 5.93. The first-order valence-electron chi connectivity index (χ1n) is 13.8. The number of nitrogens with zero attached hydrogens (tertiary/aromatic N) is 4. The van der Waals surface area contributed by atoms with Gasteiger partial charge in [-0.15, -0.1) is 0 Å². The number of amides is 3. The van der Waals surface area contributed by atoms with Crippen molar-refractivity contribution in [3.63, 3.8) is 0 Å². The molecule has 0 aromatic heterocycles. The molecule has 0 spiro atoms. The van der Waals surface area contributed by atoms with E-state index in [-0.39, 0.29) is 23.9 Å². The van der Waals surface area contributed by atoms with E-state index in [1.54, 1.807) is 50.9 Å². The first-order valence-corrected chi connectivity index (χ1v) is 13.8. The van der Waals surface area contributed by atoms with Gasteiger partial charge in [0.15, 0.2) is 0 Å². The van der Waals surface area contributed by atoms with Gasteiger partial charge < -0.3 is 14.5 Å². The van der Waals surface area contributed by atoms with E-state index in [0.717, 1.165) is 11.1 Å². The molecule has 0 saturated carbocycles. The second-order valence-corrected chi connectivity index (χ2v) is 10.5. The molecule has 1 heterocycles. The van der Waals surface area contributed by atoms with E-state index in [1.165, 1.54) is 23.1 Å². The molecule has 3 aromatic rings. The number of aliphatic imine (C=N–C) groups is 1. The number of non-ortho nitro benzene ring substituents is 1. The van der Waals surface area contributed by atoms with Crippen LogP contribution in [0.1, 0.15) is 49.2 Å². The molecule has 2 atom stereocenters. The largest absolute Gasteiger partial charge is 0.462 e. The van der Waals surface area contributed by atoms with Crippen molar-refractivity contribution in [2.75, 3.05) is 20.1 Å². The topological polar surface area (TPSA) is 122 Å². The number of urea groups is 1. The number of nitro groups is 1. The SMILES string of the molecule is CC1=NC(=O)N(CCCN(C)C(=O)c2ccc(-c3ccccc3)cc2)C(c2cccc([N+](=O)[O-])c2)C1C(=O)OC(C)C. The Kier molecular flexibility index (Phi) is 9.46. The lowest BCUT2D eigenvalue weighted by molar-refractivity contribution is -0.385. The minimum atomic E-state index is -0.936. The van der Waals surface area contributed by atoms with Crippen molar-refractivity contribution in [2.24, 2.45) is 10.9 Å². The third-order valence-electron chi connectivity index (χ3n) is 7.13. The average molecular weight is 571 g/mol. The molecule has 10 nitrogen and oxygen atoms in total. The Morgan fingerprint density at radius 2 is 1.69 bits per heavy atom. The van der Waals surface area contributed by atoms with Gasteiger partial charge in [-0.05, 0) is 56.0 Å². The summed E-state index contributed by atoms with van der Waals surface area (Å²) in [6, 6.07) is 21.8. The second kappa shape index (κ2) is 13.2. The van der Waals surface area contributed by atoms with Gasteiger partial charge in [-0.25, -0.2) is 9.79 Å². The van der Waals surface area contributed by atoms with Crippen molar-refractivity contribution in [1.29, 1.82) is 0 Å². The molecule has 0 bridgehead atoms. The molecule has 1 aliphatic rings. The number of carbonyl (C=O) groups excluding carboxylic acids is 3. The second-order valence-electron chi connectivity index (χ2n) is 10.5. The van der Waals surface area contributed by atoms with Crippen LogP contribution in [0.2, 0.25) is 0 Å². The number of nitro benzene ring substituents is 1. The predicted molar refractivity (Wildman–Crippen MR) is 159 cm³/mol. The molecule has 218 valence electrons. The molecule has 10 heteroatoms. The van der Waals surface area contributed by atoms with Crippen LogP contribution in [-0.2, 0) is 9.53 Å². The van der Waals surface area contributed by atoms with Gasteiger partial charge in [0.05, 0.1) is 17.1 Å². The fourth-order valence-electron chi connectivity index (χ4n) is 5.08. The van der Waals surface area contributed by atoms with Gasteiger partial charge in [0.25, 0.3) is 11.6 Å². The van der Waals surface area contributed by atoms with Gasteiger partial charge in [-0.3, -0.25) is 19.7 Å². The van der Waals surface area contributed by atoms with Crippen LogP contribution in [0.25, 0.3) is 11.1 Å². The fourth-order valence-corrected chi connectivity index (χ4v) is 5.08. The van der Waals surface area contributed by atoms with Crippen LogP contribution in [0, 0.1) is 16.0 Å². The summed E-state index contributed by atoms with van der Waals surface area (Å²) in [5.41, 5.74) is 3.16. The first kappa shape index (κ1) is 30.1. The number of benzene rings is 3. The maximum Gasteiger partial charge on any atom is 0.344 e. The summed E-state index contributed by atoms with van der Waals surface area (Å²) in [6.07, 6.45) is -0.00859. The third-order valence-corrected chi connectivity index (χ3v) is 7.13. The Morgan fingerprint density at radius 3 is 2.33 bits per heavy atom. The Labute approximate surface area is 244 Å². The molecule has 0 radical (unpaired) electrons. The van der Waals surface area contributed by atoms with E-state index < -0.39 is 35.0 Å². The number of hydrogen-bond donors (Lipinski definition) is 0. The van der Waals surface area contributed by atoms with Crippen LogP contribution in [0.15, 0.2) is 83.9 Å². The summed E-state index contributed by atoms with van der Waals surface area (Å²) < 4.78 is 5.49.